The van der Waals surface area contributed by atoms with Crippen LogP contribution < -0.4 is 21.7 Å². The number of halogens is 1. The van der Waals surface area contributed by atoms with Gasteiger partial charge >= 0.3 is 0 Å². The second kappa shape index (κ2) is 8.56. The lowest BCUT2D eigenvalue weighted by atomic mass is 9.73. The van der Waals surface area contributed by atoms with Gasteiger partial charge in [0.2, 0.25) is 0 Å². The highest BCUT2D eigenvalue weighted by molar-refractivity contribution is 7.99. The molecule has 10 heteroatoms. The number of anilines is 2. The summed E-state index contributed by atoms with van der Waals surface area (Å²) in [5.74, 6) is 1.14. The molecule has 2 fully saturated rings. The number of nitrogens with zero attached hydrogens (tertiary/aromatic N) is 3. The first-order valence-corrected chi connectivity index (χ1v) is 14.2. The van der Waals surface area contributed by atoms with E-state index in [0.29, 0.717) is 15.9 Å². The Bertz CT molecular complexity index is 1020. The molecule has 0 radical (unpaired) electrons. The van der Waals surface area contributed by atoms with E-state index in [1.54, 1.807) is 25.6 Å². The lowest BCUT2D eigenvalue weighted by Gasteiger charge is -2.41. The van der Waals surface area contributed by atoms with Crippen LogP contribution >= 0.6 is 30.5 Å². The Kier molecular flexibility index (Phi) is 6.32. The summed E-state index contributed by atoms with van der Waals surface area (Å²) in [7, 11) is -2.36. The van der Waals surface area contributed by atoms with Crippen LogP contribution in [0.15, 0.2) is 34.3 Å². The molecular formula is C21H29ClN5O2PS. The first-order valence-electron chi connectivity index (χ1n) is 10.4. The molecule has 1 aromatic heterocycles. The van der Waals surface area contributed by atoms with Gasteiger partial charge in [-0.1, -0.05) is 29.4 Å². The molecule has 0 saturated carbocycles. The smallest absolute Gasteiger partial charge is 0.158 e. The molecule has 1 aromatic carbocycles. The summed E-state index contributed by atoms with van der Waals surface area (Å²) in [5, 5.41) is 1.88. The molecule has 0 bridgehead atoms. The van der Waals surface area contributed by atoms with Crippen molar-refractivity contribution in [1.82, 2.24) is 9.97 Å². The molecule has 7 nitrogen and oxygen atoms in total. The molecule has 0 amide bonds. The number of hydrogen-bond acceptors (Lipinski definition) is 8. The van der Waals surface area contributed by atoms with Crippen LogP contribution in [0.5, 0.6) is 0 Å². The summed E-state index contributed by atoms with van der Waals surface area (Å²) in [6.45, 7) is 7.95. The van der Waals surface area contributed by atoms with E-state index >= 15 is 0 Å². The lowest BCUT2D eigenvalue weighted by Crippen LogP contribution is -2.50. The predicted octanol–water partition coefficient (Wildman–Crippen LogP) is 3.44. The van der Waals surface area contributed by atoms with E-state index in [2.05, 4.69) is 21.8 Å². The quantitative estimate of drug-likeness (QED) is 0.639. The molecule has 2 aliphatic rings. The van der Waals surface area contributed by atoms with Gasteiger partial charge in [0.1, 0.15) is 18.0 Å². The van der Waals surface area contributed by atoms with Crippen LogP contribution in [-0.2, 0) is 9.30 Å². The fourth-order valence-corrected chi connectivity index (χ4v) is 6.28. The van der Waals surface area contributed by atoms with Crippen LogP contribution in [-0.4, -0.2) is 55.1 Å². The summed E-state index contributed by atoms with van der Waals surface area (Å²) in [4.78, 5) is 12.2. The first kappa shape index (κ1) is 22.9. The van der Waals surface area contributed by atoms with E-state index in [-0.39, 0.29) is 17.6 Å². The molecule has 1 spiro atoms. The third-order valence-corrected chi connectivity index (χ3v) is 9.46. The highest BCUT2D eigenvalue weighted by atomic mass is 35.5. The Morgan fingerprint density at radius 1 is 1.32 bits per heavy atom. The minimum atomic E-state index is -2.36. The lowest BCUT2D eigenvalue weighted by molar-refractivity contribution is 0.0974. The largest absolute Gasteiger partial charge is 0.381 e. The molecule has 4 N–H and O–H groups in total. The van der Waals surface area contributed by atoms with Gasteiger partial charge in [-0.05, 0) is 45.2 Å². The van der Waals surface area contributed by atoms with Gasteiger partial charge in [-0.2, -0.15) is 0 Å². The van der Waals surface area contributed by atoms with Crippen LogP contribution in [0.1, 0.15) is 19.8 Å². The van der Waals surface area contributed by atoms with E-state index < -0.39 is 7.14 Å². The Hall–Kier alpha value is -1.31. The molecule has 2 saturated heterocycles. The van der Waals surface area contributed by atoms with E-state index in [0.717, 1.165) is 48.6 Å². The van der Waals surface area contributed by atoms with Gasteiger partial charge in [-0.25, -0.2) is 9.97 Å². The monoisotopic (exact) mass is 481 g/mol. The van der Waals surface area contributed by atoms with Crippen molar-refractivity contribution >= 4 is 47.4 Å². The first-order chi connectivity index (χ1) is 14.6. The van der Waals surface area contributed by atoms with Gasteiger partial charge in [0.05, 0.1) is 23.9 Å². The molecule has 2 aliphatic heterocycles. The van der Waals surface area contributed by atoms with Gasteiger partial charge in [0.15, 0.2) is 5.82 Å². The standard InChI is InChI=1S/C21H29ClN5O2PS/c1-13-18(23)21(12-29-13)6-8-27(9-7-21)17-11-25-20(19(24)26-17)31-16-5-4-14(10-15(16)22)30(2,3)28/h4-5,10-11,13,18H,6-9,12,23H2,1-3H3,(H2,24,26)/t13-,18+/m0/s1. The van der Waals surface area contributed by atoms with Crippen LogP contribution in [0.2, 0.25) is 5.02 Å². The van der Waals surface area contributed by atoms with Crippen molar-refractivity contribution in [2.75, 3.05) is 43.7 Å². The van der Waals surface area contributed by atoms with Crippen molar-refractivity contribution in [1.29, 1.82) is 0 Å². The van der Waals surface area contributed by atoms with Crippen molar-refractivity contribution in [2.24, 2.45) is 11.1 Å². The van der Waals surface area contributed by atoms with Crippen LogP contribution in [0.25, 0.3) is 0 Å². The number of aromatic nitrogens is 2. The molecule has 0 unspecified atom stereocenters. The maximum atomic E-state index is 12.3. The van der Waals surface area contributed by atoms with Gasteiger partial charge < -0.3 is 25.7 Å². The average molecular weight is 482 g/mol. The number of rotatable bonds is 4. The maximum absolute atomic E-state index is 12.3. The second-order valence-electron chi connectivity index (χ2n) is 8.88. The number of nitrogen functional groups attached to an aromatic ring is 1. The number of piperidine rings is 1. The second-order valence-corrected chi connectivity index (χ2v) is 13.5. The summed E-state index contributed by atoms with van der Waals surface area (Å²) in [6.07, 6.45) is 3.81. The summed E-state index contributed by atoms with van der Waals surface area (Å²) < 4.78 is 18.1. The Labute approximate surface area is 192 Å². The SMILES string of the molecule is C[C@@H]1OCC2(CCN(c3cnc(Sc4ccc(P(C)(C)=O)cc4Cl)c(N)n3)CC2)[C@@H]1N. The van der Waals surface area contributed by atoms with Crippen LogP contribution in [0.4, 0.5) is 11.6 Å². The summed E-state index contributed by atoms with van der Waals surface area (Å²) >= 11 is 7.77. The third kappa shape index (κ3) is 4.60. The van der Waals surface area contributed by atoms with Crippen molar-refractivity contribution in [3.05, 3.63) is 29.4 Å². The van der Waals surface area contributed by atoms with Crippen molar-refractivity contribution in [3.8, 4) is 0 Å². The van der Waals surface area contributed by atoms with Gasteiger partial charge in [0, 0.05) is 34.7 Å². The highest BCUT2D eigenvalue weighted by Gasteiger charge is 2.47. The van der Waals surface area contributed by atoms with E-state index in [4.69, 9.17) is 27.8 Å². The number of benzene rings is 1. The zero-order valence-corrected chi connectivity index (χ0v) is 20.5. The maximum Gasteiger partial charge on any atom is 0.158 e. The minimum Gasteiger partial charge on any atom is -0.381 e. The summed E-state index contributed by atoms with van der Waals surface area (Å²) in [6, 6.07) is 5.53. The number of ether oxygens (including phenoxy) is 1. The fourth-order valence-electron chi connectivity index (χ4n) is 4.28. The number of nitrogens with two attached hydrogens (primary N) is 2. The highest BCUT2D eigenvalue weighted by Crippen LogP contribution is 2.42. The molecule has 3 heterocycles. The Morgan fingerprint density at radius 2 is 2.03 bits per heavy atom. The van der Waals surface area contributed by atoms with Gasteiger partial charge in [-0.3, -0.25) is 0 Å². The molecule has 0 aliphatic carbocycles. The van der Waals surface area contributed by atoms with E-state index in [9.17, 15) is 4.57 Å². The zero-order valence-electron chi connectivity index (χ0n) is 18.0. The van der Waals surface area contributed by atoms with Crippen LogP contribution in [0, 0.1) is 5.41 Å². The van der Waals surface area contributed by atoms with E-state index in [1.807, 2.05) is 12.1 Å². The molecule has 168 valence electrons. The Balaban J connectivity index is 1.45. The average Bonchev–Trinajstić information content (AvgIpc) is 2.99. The Morgan fingerprint density at radius 3 is 2.58 bits per heavy atom. The summed E-state index contributed by atoms with van der Waals surface area (Å²) in [5.41, 5.74) is 12.7. The van der Waals surface area contributed by atoms with Crippen molar-refractivity contribution in [3.63, 3.8) is 0 Å². The molecule has 2 atom stereocenters. The minimum absolute atomic E-state index is 0.0640. The van der Waals surface area contributed by atoms with Gasteiger partial charge in [-0.15, -0.1) is 0 Å². The molecule has 31 heavy (non-hydrogen) atoms. The van der Waals surface area contributed by atoms with Crippen molar-refractivity contribution < 1.29 is 9.30 Å². The fraction of sp³-hybridized carbons (Fsp3) is 0.524. The predicted molar refractivity (Wildman–Crippen MR) is 128 cm³/mol. The third-order valence-electron chi connectivity index (χ3n) is 6.43. The molecular weight excluding hydrogens is 453 g/mol. The van der Waals surface area contributed by atoms with E-state index in [1.165, 1.54) is 11.8 Å². The van der Waals surface area contributed by atoms with Crippen molar-refractivity contribution in [2.45, 2.75) is 41.8 Å². The topological polar surface area (TPSA) is 107 Å². The van der Waals surface area contributed by atoms with Crippen LogP contribution in [0.3, 0.4) is 0 Å². The molecule has 2 aromatic rings. The number of hydrogen-bond donors (Lipinski definition) is 2. The van der Waals surface area contributed by atoms with Gasteiger partial charge in [0.25, 0.3) is 0 Å². The molecule has 4 rings (SSSR count). The zero-order chi connectivity index (χ0) is 22.4. The normalized spacial score (nSPS) is 23.5.